The molecule has 3 aromatic heterocycles. The van der Waals surface area contributed by atoms with E-state index < -0.39 is 41.8 Å². The van der Waals surface area contributed by atoms with E-state index >= 15 is 0 Å². The number of halogens is 3. The van der Waals surface area contributed by atoms with E-state index in [1.807, 2.05) is 6.92 Å². The fraction of sp³-hybridized carbons (Fsp3) is 0.393. The molecule has 3 heterocycles. The molecule has 2 aliphatic carbocycles. The molecule has 234 valence electrons. The molecule has 0 saturated heterocycles. The number of rotatable bonds is 7. The monoisotopic (exact) mass is 617 g/mol. The summed E-state index contributed by atoms with van der Waals surface area (Å²) in [6, 6.07) is 2.85. The molecule has 13 nitrogen and oxygen atoms in total. The highest BCUT2D eigenvalue weighted by atomic mass is 19.3. The lowest BCUT2D eigenvalue weighted by Gasteiger charge is -2.38. The standard InChI is InChI=1S/C23H19F3N6O5.C5H11NO/c1-31(23(34,35)36)16-6-13(17-11(9-33)2-3-14(24)20(17)37-22(25)26)18-19(16)30-32-5-4-15(29-21(18)32)12-7-27-10-28-8-12;1-5(7)2-4(6)3-5/h2-5,7-10,13,16,22,34-36H,6H2,1H3;4,7H,2-3,6H2,1H3. The van der Waals surface area contributed by atoms with Gasteiger partial charge in [-0.2, -0.15) is 13.9 Å². The van der Waals surface area contributed by atoms with Gasteiger partial charge in [0.1, 0.15) is 12.6 Å². The van der Waals surface area contributed by atoms with Crippen molar-refractivity contribution in [2.75, 3.05) is 7.05 Å². The van der Waals surface area contributed by atoms with Crippen molar-refractivity contribution in [3.8, 4) is 17.0 Å². The van der Waals surface area contributed by atoms with Crippen LogP contribution in [0.15, 0.2) is 43.1 Å². The van der Waals surface area contributed by atoms with Crippen molar-refractivity contribution in [1.29, 1.82) is 0 Å². The molecule has 2 atom stereocenters. The number of aromatic nitrogens is 5. The first-order chi connectivity index (χ1) is 20.7. The summed E-state index contributed by atoms with van der Waals surface area (Å²) in [5, 5.41) is 43.0. The molecule has 44 heavy (non-hydrogen) atoms. The predicted molar refractivity (Wildman–Crippen MR) is 147 cm³/mol. The van der Waals surface area contributed by atoms with E-state index in [0.29, 0.717) is 23.1 Å². The summed E-state index contributed by atoms with van der Waals surface area (Å²) in [4.78, 5) is 25.3. The van der Waals surface area contributed by atoms with Gasteiger partial charge in [0.2, 0.25) is 0 Å². The van der Waals surface area contributed by atoms with Crippen LogP contribution in [0.1, 0.15) is 65.3 Å². The largest absolute Gasteiger partial charge is 0.431 e. The van der Waals surface area contributed by atoms with Crippen LogP contribution < -0.4 is 10.5 Å². The number of alkyl halides is 2. The Morgan fingerprint density at radius 1 is 1.18 bits per heavy atom. The summed E-state index contributed by atoms with van der Waals surface area (Å²) >= 11 is 0. The number of hydrogen-bond donors (Lipinski definition) is 5. The van der Waals surface area contributed by atoms with Gasteiger partial charge in [-0.3, -0.25) is 4.79 Å². The number of benzene rings is 1. The highest BCUT2D eigenvalue weighted by Crippen LogP contribution is 2.51. The Hall–Kier alpha value is -4.06. The van der Waals surface area contributed by atoms with E-state index in [4.69, 9.17) is 10.8 Å². The number of carbonyl (C=O) groups excluding carboxylic acids is 1. The van der Waals surface area contributed by atoms with Gasteiger partial charge in [-0.1, -0.05) is 0 Å². The lowest BCUT2D eigenvalue weighted by atomic mass is 9.78. The van der Waals surface area contributed by atoms with E-state index in [1.165, 1.54) is 30.3 Å². The minimum atomic E-state index is -3.39. The number of nitrogens with zero attached hydrogens (tertiary/aromatic N) is 6. The van der Waals surface area contributed by atoms with Crippen molar-refractivity contribution < 1.29 is 43.1 Å². The maximum absolute atomic E-state index is 14.8. The van der Waals surface area contributed by atoms with Crippen LogP contribution in [0.4, 0.5) is 13.2 Å². The first-order valence-electron chi connectivity index (χ1n) is 13.4. The lowest BCUT2D eigenvalue weighted by molar-refractivity contribution is -0.396. The molecule has 0 bridgehead atoms. The van der Waals surface area contributed by atoms with Crippen molar-refractivity contribution in [3.63, 3.8) is 0 Å². The molecule has 0 amide bonds. The molecule has 0 spiro atoms. The van der Waals surface area contributed by atoms with Crippen LogP contribution in [-0.2, 0) is 0 Å². The lowest BCUT2D eigenvalue weighted by Crippen LogP contribution is -2.49. The number of fused-ring (bicyclic) bond motifs is 3. The van der Waals surface area contributed by atoms with Gasteiger partial charge in [0.15, 0.2) is 17.2 Å². The van der Waals surface area contributed by atoms with Crippen LogP contribution in [0.2, 0.25) is 0 Å². The summed E-state index contributed by atoms with van der Waals surface area (Å²) in [7, 11) is 1.20. The molecule has 1 aromatic carbocycles. The molecule has 6 rings (SSSR count). The number of aliphatic hydroxyl groups is 4. The minimum absolute atomic E-state index is 0.113. The molecule has 1 saturated carbocycles. The van der Waals surface area contributed by atoms with Crippen LogP contribution in [0.5, 0.6) is 5.75 Å². The van der Waals surface area contributed by atoms with Crippen LogP contribution in [0.25, 0.3) is 16.9 Å². The molecular weight excluding hydrogens is 587 g/mol. The highest BCUT2D eigenvalue weighted by molar-refractivity contribution is 5.81. The molecule has 1 fully saturated rings. The van der Waals surface area contributed by atoms with Gasteiger partial charge in [0.25, 0.3) is 0 Å². The predicted octanol–water partition coefficient (Wildman–Crippen LogP) is 1.69. The Morgan fingerprint density at radius 3 is 2.41 bits per heavy atom. The van der Waals surface area contributed by atoms with Crippen molar-refractivity contribution in [2.45, 2.75) is 62.5 Å². The van der Waals surface area contributed by atoms with Crippen LogP contribution in [-0.4, -0.2) is 87.6 Å². The Bertz CT molecular complexity index is 1660. The number of ether oxygens (including phenoxy) is 1. The second-order valence-electron chi connectivity index (χ2n) is 11.1. The van der Waals surface area contributed by atoms with Crippen LogP contribution >= 0.6 is 0 Å². The summed E-state index contributed by atoms with van der Waals surface area (Å²) in [5.41, 5.74) is 6.38. The molecule has 0 aliphatic heterocycles. The third-order valence-corrected chi connectivity index (χ3v) is 7.74. The zero-order valence-electron chi connectivity index (χ0n) is 23.5. The molecule has 4 aromatic rings. The fourth-order valence-corrected chi connectivity index (χ4v) is 5.73. The molecule has 2 unspecified atom stereocenters. The first kappa shape index (κ1) is 31.4. The highest BCUT2D eigenvalue weighted by Gasteiger charge is 2.46. The maximum atomic E-state index is 14.8. The number of nitrogens with two attached hydrogens (primary N) is 1. The fourth-order valence-electron chi connectivity index (χ4n) is 5.73. The van der Waals surface area contributed by atoms with Crippen molar-refractivity contribution in [2.24, 2.45) is 5.73 Å². The Morgan fingerprint density at radius 2 is 1.86 bits per heavy atom. The van der Waals surface area contributed by atoms with E-state index in [2.05, 4.69) is 24.8 Å². The minimum Gasteiger partial charge on any atom is -0.431 e. The smallest absolute Gasteiger partial charge is 0.387 e. The number of hydrogen-bond acceptors (Lipinski definition) is 12. The van der Waals surface area contributed by atoms with Gasteiger partial charge >= 0.3 is 12.7 Å². The molecule has 0 radical (unpaired) electrons. The van der Waals surface area contributed by atoms with Crippen LogP contribution in [0, 0.1) is 5.82 Å². The average molecular weight is 618 g/mol. The molecule has 6 N–H and O–H groups in total. The molecular formula is C28H30F3N7O6. The quantitative estimate of drug-likeness (QED) is 0.149. The van der Waals surface area contributed by atoms with Gasteiger partial charge in [-0.25, -0.2) is 28.8 Å². The third-order valence-electron chi connectivity index (χ3n) is 7.74. The van der Waals surface area contributed by atoms with E-state index in [1.54, 1.807) is 12.3 Å². The first-order valence-corrected chi connectivity index (χ1v) is 13.4. The zero-order chi connectivity index (χ0) is 32.0. The SMILES string of the molecule is CC1(O)CC(N)C1.CN(C1CC(c2c(C=O)ccc(F)c2OC(F)F)c2c1nn1ccc(-c3cncnc3)nc21)C(O)(O)O. The molecule has 2 aliphatic rings. The topological polar surface area (TPSA) is 192 Å². The number of aldehydes is 1. The summed E-state index contributed by atoms with van der Waals surface area (Å²) in [6.07, 6.45) is 4.49. The normalized spacial score (nSPS) is 22.9. The third kappa shape index (κ3) is 6.12. The zero-order valence-corrected chi connectivity index (χ0v) is 23.5. The Labute approximate surface area is 248 Å². The van der Waals surface area contributed by atoms with Crippen molar-refractivity contribution in [1.82, 2.24) is 29.5 Å². The number of carbonyl (C=O) groups is 1. The maximum Gasteiger partial charge on any atom is 0.387 e. The second kappa shape index (κ2) is 11.8. The van der Waals surface area contributed by atoms with Gasteiger partial charge in [0.05, 0.1) is 23.0 Å². The molecule has 16 heteroatoms. The van der Waals surface area contributed by atoms with Gasteiger partial charge in [0, 0.05) is 52.8 Å². The van der Waals surface area contributed by atoms with E-state index in [-0.39, 0.29) is 34.9 Å². The van der Waals surface area contributed by atoms with Gasteiger partial charge < -0.3 is 30.9 Å². The summed E-state index contributed by atoms with van der Waals surface area (Å²) in [6.45, 7) is -1.57. The second-order valence-corrected chi connectivity index (χ2v) is 11.1. The van der Waals surface area contributed by atoms with Crippen molar-refractivity contribution in [3.05, 3.63) is 71.3 Å². The van der Waals surface area contributed by atoms with Gasteiger partial charge in [-0.05, 0) is 51.4 Å². The Balaban J connectivity index is 0.000000484. The van der Waals surface area contributed by atoms with Crippen molar-refractivity contribution >= 4 is 11.9 Å². The van der Waals surface area contributed by atoms with E-state index in [9.17, 15) is 33.3 Å². The van der Waals surface area contributed by atoms with Crippen LogP contribution in [0.3, 0.4) is 0 Å². The van der Waals surface area contributed by atoms with E-state index in [0.717, 1.165) is 29.9 Å². The Kier molecular flexibility index (Phi) is 8.41. The summed E-state index contributed by atoms with van der Waals surface area (Å²) in [5.74, 6) is -2.96. The summed E-state index contributed by atoms with van der Waals surface area (Å²) < 4.78 is 47.2. The average Bonchev–Trinajstić information content (AvgIpc) is 3.50. The van der Waals surface area contributed by atoms with Gasteiger partial charge in [-0.15, -0.1) is 0 Å².